The van der Waals surface area contributed by atoms with E-state index in [1.54, 1.807) is 36.6 Å². The second-order valence-corrected chi connectivity index (χ2v) is 4.40. The van der Waals surface area contributed by atoms with Crippen molar-refractivity contribution in [1.29, 1.82) is 0 Å². The van der Waals surface area contributed by atoms with Crippen LogP contribution < -0.4 is 0 Å². The van der Waals surface area contributed by atoms with Gasteiger partial charge in [-0.2, -0.15) is 12.7 Å². The van der Waals surface area contributed by atoms with Gasteiger partial charge in [-0.3, -0.25) is 9.35 Å². The molecule has 0 aliphatic heterocycles. The minimum Gasteiger partial charge on any atom is -0.289 e. The zero-order valence-electron chi connectivity index (χ0n) is 7.99. The lowest BCUT2D eigenvalue weighted by Crippen LogP contribution is -2.31. The Labute approximate surface area is 88.2 Å². The van der Waals surface area contributed by atoms with E-state index < -0.39 is 16.3 Å². The Morgan fingerprint density at radius 2 is 1.87 bits per heavy atom. The summed E-state index contributed by atoms with van der Waals surface area (Å²) in [4.78, 5) is 10.7. The van der Waals surface area contributed by atoms with Crippen molar-refractivity contribution < 1.29 is 17.8 Å². The van der Waals surface area contributed by atoms with E-state index in [9.17, 15) is 13.2 Å². The molecule has 0 saturated carbocycles. The number of nitrogens with zero attached hydrogens (tertiary/aromatic N) is 1. The van der Waals surface area contributed by atoms with Crippen LogP contribution in [0.25, 0.3) is 0 Å². The predicted octanol–water partition coefficient (Wildman–Crippen LogP) is 0.572. The van der Waals surface area contributed by atoms with Gasteiger partial charge in [0.05, 0.1) is 0 Å². The maximum absolute atomic E-state index is 10.8. The van der Waals surface area contributed by atoms with Crippen LogP contribution in [0.15, 0.2) is 30.3 Å². The van der Waals surface area contributed by atoms with E-state index in [4.69, 9.17) is 4.55 Å². The molecule has 0 bridgehead atoms. The van der Waals surface area contributed by atoms with Crippen molar-refractivity contribution in [3.8, 4) is 0 Å². The first-order valence-electron chi connectivity index (χ1n) is 4.10. The summed E-state index contributed by atoms with van der Waals surface area (Å²) >= 11 is 0. The zero-order chi connectivity index (χ0) is 11.5. The van der Waals surface area contributed by atoms with E-state index >= 15 is 0 Å². The van der Waals surface area contributed by atoms with Gasteiger partial charge in [-0.25, -0.2) is 0 Å². The van der Waals surface area contributed by atoms with Gasteiger partial charge in [0.2, 0.25) is 6.29 Å². The summed E-state index contributed by atoms with van der Waals surface area (Å²) in [5.41, 5.74) is 0.452. The molecule has 1 N–H and O–H groups in total. The van der Waals surface area contributed by atoms with Crippen molar-refractivity contribution in [3.63, 3.8) is 0 Å². The van der Waals surface area contributed by atoms with E-state index in [-0.39, 0.29) is 0 Å². The SMILES string of the molecule is CN([C@H]([C]=O)c1ccccc1)S(=O)(=O)O. The Morgan fingerprint density at radius 1 is 1.33 bits per heavy atom. The van der Waals surface area contributed by atoms with E-state index in [2.05, 4.69) is 0 Å². The van der Waals surface area contributed by atoms with Gasteiger partial charge in [0, 0.05) is 7.05 Å². The average Bonchev–Trinajstić information content (AvgIpc) is 2.19. The summed E-state index contributed by atoms with van der Waals surface area (Å²) in [7, 11) is -3.28. The predicted molar refractivity (Wildman–Crippen MR) is 54.2 cm³/mol. The molecule has 5 nitrogen and oxygen atoms in total. The summed E-state index contributed by atoms with van der Waals surface area (Å²) in [6.07, 6.45) is 1.56. The van der Waals surface area contributed by atoms with Gasteiger partial charge in [0.15, 0.2) is 0 Å². The number of hydrogen-bond acceptors (Lipinski definition) is 3. The first kappa shape index (κ1) is 11.8. The molecule has 15 heavy (non-hydrogen) atoms. The van der Waals surface area contributed by atoms with Gasteiger partial charge >= 0.3 is 10.3 Å². The standard InChI is InChI=1S/C9H10NO4S/c1-10(15(12,13)14)9(7-11)8-5-3-2-4-6-8/h2-6,9H,1H3,(H,12,13,14)/t9-/m1/s1. The van der Waals surface area contributed by atoms with Crippen LogP contribution in [0.4, 0.5) is 0 Å². The normalized spacial score (nSPS) is 13.8. The first-order valence-corrected chi connectivity index (χ1v) is 5.49. The smallest absolute Gasteiger partial charge is 0.289 e. The highest BCUT2D eigenvalue weighted by Crippen LogP contribution is 2.18. The van der Waals surface area contributed by atoms with E-state index in [0.717, 1.165) is 7.05 Å². The second kappa shape index (κ2) is 4.52. The summed E-state index contributed by atoms with van der Waals surface area (Å²) in [5, 5.41) is 0. The fourth-order valence-electron chi connectivity index (χ4n) is 1.12. The Kier molecular flexibility index (Phi) is 3.57. The maximum Gasteiger partial charge on any atom is 0.336 e. The number of likely N-dealkylation sites (N-methyl/N-ethyl adjacent to an activating group) is 1. The molecule has 0 fully saturated rings. The molecular weight excluding hydrogens is 218 g/mol. The number of hydrogen-bond donors (Lipinski definition) is 1. The Balaban J connectivity index is 3.06. The number of carbonyl (C=O) groups excluding carboxylic acids is 1. The van der Waals surface area contributed by atoms with Gasteiger partial charge < -0.3 is 0 Å². The van der Waals surface area contributed by atoms with E-state index in [1.165, 1.54) is 0 Å². The molecule has 0 spiro atoms. The minimum atomic E-state index is -4.39. The lowest BCUT2D eigenvalue weighted by molar-refractivity contribution is 0.361. The quantitative estimate of drug-likeness (QED) is 0.764. The minimum absolute atomic E-state index is 0.452. The molecule has 0 heterocycles. The fourth-order valence-corrected chi connectivity index (χ4v) is 1.55. The monoisotopic (exact) mass is 228 g/mol. The van der Waals surface area contributed by atoms with Gasteiger partial charge in [-0.05, 0) is 5.56 Å². The molecule has 1 rings (SSSR count). The summed E-state index contributed by atoms with van der Waals surface area (Å²) < 4.78 is 30.9. The third kappa shape index (κ3) is 2.85. The van der Waals surface area contributed by atoms with E-state index in [1.807, 2.05) is 0 Å². The average molecular weight is 228 g/mol. The first-order chi connectivity index (χ1) is 6.96. The third-order valence-corrected chi connectivity index (χ3v) is 2.89. The van der Waals surface area contributed by atoms with Crippen LogP contribution in [0.1, 0.15) is 11.6 Å². The molecule has 1 aromatic rings. The topological polar surface area (TPSA) is 74.7 Å². The van der Waals surface area contributed by atoms with Crippen LogP contribution in [0, 0.1) is 0 Å². The highest BCUT2D eigenvalue weighted by Gasteiger charge is 2.25. The fraction of sp³-hybridized carbons (Fsp3) is 0.222. The van der Waals surface area contributed by atoms with Crippen LogP contribution in [0.5, 0.6) is 0 Å². The third-order valence-electron chi connectivity index (χ3n) is 1.95. The molecule has 6 heteroatoms. The van der Waals surface area contributed by atoms with Crippen LogP contribution in [-0.2, 0) is 15.1 Å². The van der Waals surface area contributed by atoms with Crippen LogP contribution in [-0.4, -0.2) is 30.6 Å². The molecule has 1 aromatic carbocycles. The zero-order valence-corrected chi connectivity index (χ0v) is 8.81. The molecule has 1 radical (unpaired) electrons. The Morgan fingerprint density at radius 3 is 2.27 bits per heavy atom. The molecule has 0 saturated heterocycles. The largest absolute Gasteiger partial charge is 0.336 e. The highest BCUT2D eigenvalue weighted by molar-refractivity contribution is 7.83. The van der Waals surface area contributed by atoms with Crippen molar-refractivity contribution in [2.24, 2.45) is 0 Å². The molecular formula is C9H10NO4S. The molecule has 1 atom stereocenters. The second-order valence-electron chi connectivity index (χ2n) is 2.93. The molecule has 0 aliphatic rings. The number of benzene rings is 1. The van der Waals surface area contributed by atoms with Gasteiger partial charge in [0.1, 0.15) is 6.04 Å². The molecule has 0 aromatic heterocycles. The van der Waals surface area contributed by atoms with Crippen LogP contribution in [0.3, 0.4) is 0 Å². The van der Waals surface area contributed by atoms with Gasteiger partial charge in [0.25, 0.3) is 0 Å². The van der Waals surface area contributed by atoms with Gasteiger partial charge in [-0.15, -0.1) is 0 Å². The Bertz CT molecular complexity index is 429. The highest BCUT2D eigenvalue weighted by atomic mass is 32.2. The summed E-state index contributed by atoms with van der Waals surface area (Å²) in [5.74, 6) is 0. The van der Waals surface area contributed by atoms with Crippen LogP contribution in [0.2, 0.25) is 0 Å². The maximum atomic E-state index is 10.8. The molecule has 0 unspecified atom stereocenters. The summed E-state index contributed by atoms with van der Waals surface area (Å²) in [6.45, 7) is 0. The van der Waals surface area contributed by atoms with Gasteiger partial charge in [-0.1, -0.05) is 30.3 Å². The van der Waals surface area contributed by atoms with Crippen molar-refractivity contribution in [2.75, 3.05) is 7.05 Å². The van der Waals surface area contributed by atoms with Crippen molar-refractivity contribution >= 4 is 16.6 Å². The lowest BCUT2D eigenvalue weighted by Gasteiger charge is -2.19. The van der Waals surface area contributed by atoms with Crippen LogP contribution >= 0.6 is 0 Å². The molecule has 0 aliphatic carbocycles. The van der Waals surface area contributed by atoms with Crippen molar-refractivity contribution in [2.45, 2.75) is 6.04 Å². The summed E-state index contributed by atoms with van der Waals surface area (Å²) in [6, 6.07) is 7.10. The molecule has 81 valence electrons. The van der Waals surface area contributed by atoms with Crippen molar-refractivity contribution in [1.82, 2.24) is 4.31 Å². The Hall–Kier alpha value is -1.24. The van der Waals surface area contributed by atoms with Crippen molar-refractivity contribution in [3.05, 3.63) is 35.9 Å². The lowest BCUT2D eigenvalue weighted by atomic mass is 10.1. The van der Waals surface area contributed by atoms with E-state index in [0.29, 0.717) is 9.87 Å². The molecule has 0 amide bonds. The number of rotatable bonds is 4.